The predicted octanol–water partition coefficient (Wildman–Crippen LogP) is 3.47. The van der Waals surface area contributed by atoms with Gasteiger partial charge in [-0.3, -0.25) is 14.5 Å². The molecule has 0 radical (unpaired) electrons. The van der Waals surface area contributed by atoms with Gasteiger partial charge in [-0.1, -0.05) is 36.4 Å². The number of amides is 2. The quantitative estimate of drug-likeness (QED) is 0.652. The molecule has 0 saturated heterocycles. The lowest BCUT2D eigenvalue weighted by Gasteiger charge is -2.41. The minimum atomic E-state index is -1.16. The number of nitrogens with one attached hydrogen (secondary N) is 1. The van der Waals surface area contributed by atoms with E-state index in [1.165, 1.54) is 17.0 Å². The van der Waals surface area contributed by atoms with Crippen molar-refractivity contribution in [1.82, 2.24) is 0 Å². The molecular weight excluding hydrogens is 384 g/mol. The van der Waals surface area contributed by atoms with E-state index < -0.39 is 24.0 Å². The molecule has 0 saturated carbocycles. The van der Waals surface area contributed by atoms with Gasteiger partial charge in [0, 0.05) is 0 Å². The lowest BCUT2D eigenvalue weighted by molar-refractivity contribution is -0.128. The Morgan fingerprint density at radius 3 is 2.40 bits per heavy atom. The van der Waals surface area contributed by atoms with Gasteiger partial charge in [0.15, 0.2) is 6.61 Å². The SMILES string of the molecule is CC1(C)C(=O)Nc2ccccc2N1C(=O)COC(=O)c1cc2ccccc2cc1O. The first kappa shape index (κ1) is 19.4. The maximum atomic E-state index is 13.0. The third-order valence-electron chi connectivity index (χ3n) is 5.17. The number of carbonyl (C=O) groups excluding carboxylic acids is 3. The average molecular weight is 404 g/mol. The number of esters is 1. The molecule has 3 aromatic rings. The van der Waals surface area contributed by atoms with E-state index in [1.54, 1.807) is 38.1 Å². The summed E-state index contributed by atoms with van der Waals surface area (Å²) in [5.41, 5.74) is -0.161. The number of hydrogen-bond donors (Lipinski definition) is 2. The molecule has 7 nitrogen and oxygen atoms in total. The molecule has 0 unspecified atom stereocenters. The number of fused-ring (bicyclic) bond motifs is 2. The number of nitrogens with zero attached hydrogens (tertiary/aromatic N) is 1. The van der Waals surface area contributed by atoms with E-state index in [-0.39, 0.29) is 17.2 Å². The van der Waals surface area contributed by atoms with Crippen LogP contribution >= 0.6 is 0 Å². The van der Waals surface area contributed by atoms with Gasteiger partial charge in [0.1, 0.15) is 16.9 Å². The summed E-state index contributed by atoms with van der Waals surface area (Å²) in [6.07, 6.45) is 0. The van der Waals surface area contributed by atoms with Gasteiger partial charge < -0.3 is 15.2 Å². The number of para-hydroxylation sites is 2. The summed E-state index contributed by atoms with van der Waals surface area (Å²) in [6.45, 7) is 2.66. The van der Waals surface area contributed by atoms with Gasteiger partial charge in [0.05, 0.1) is 11.4 Å². The molecule has 1 aliphatic rings. The summed E-state index contributed by atoms with van der Waals surface area (Å²) in [6, 6.07) is 17.2. The number of aromatic hydroxyl groups is 1. The Kier molecular flexibility index (Phi) is 4.66. The maximum Gasteiger partial charge on any atom is 0.342 e. The molecule has 0 atom stereocenters. The molecule has 2 amide bonds. The zero-order valence-corrected chi connectivity index (χ0v) is 16.5. The van der Waals surface area contributed by atoms with Gasteiger partial charge in [-0.05, 0) is 48.9 Å². The summed E-state index contributed by atoms with van der Waals surface area (Å²) in [5.74, 6) is -1.93. The molecule has 152 valence electrons. The largest absolute Gasteiger partial charge is 0.507 e. The van der Waals surface area contributed by atoms with E-state index in [1.807, 2.05) is 24.3 Å². The van der Waals surface area contributed by atoms with Gasteiger partial charge in [0.25, 0.3) is 5.91 Å². The van der Waals surface area contributed by atoms with Crippen LogP contribution in [0.1, 0.15) is 24.2 Å². The number of benzene rings is 3. The van der Waals surface area contributed by atoms with Gasteiger partial charge in [-0.25, -0.2) is 4.79 Å². The van der Waals surface area contributed by atoms with Crippen molar-refractivity contribution in [1.29, 1.82) is 0 Å². The summed E-state index contributed by atoms with van der Waals surface area (Å²) in [5, 5.41) is 14.5. The van der Waals surface area contributed by atoms with Crippen molar-refractivity contribution in [2.45, 2.75) is 19.4 Å². The van der Waals surface area contributed by atoms with Crippen molar-refractivity contribution < 1.29 is 24.2 Å². The Balaban J connectivity index is 1.57. The third-order valence-corrected chi connectivity index (χ3v) is 5.17. The molecule has 7 heteroatoms. The molecule has 3 aromatic carbocycles. The standard InChI is InChI=1S/C23H20N2O5/c1-23(2)22(29)24-17-9-5-6-10-18(17)25(23)20(27)13-30-21(28)16-11-14-7-3-4-8-15(14)12-19(16)26/h3-12,26H,13H2,1-2H3,(H,24,29). The zero-order valence-electron chi connectivity index (χ0n) is 16.5. The molecule has 30 heavy (non-hydrogen) atoms. The summed E-state index contributed by atoms with van der Waals surface area (Å²) < 4.78 is 5.19. The van der Waals surface area contributed by atoms with Crippen molar-refractivity contribution in [2.75, 3.05) is 16.8 Å². The van der Waals surface area contributed by atoms with Crippen molar-refractivity contribution in [3.8, 4) is 5.75 Å². The second-order valence-corrected chi connectivity index (χ2v) is 7.55. The highest BCUT2D eigenvalue weighted by Gasteiger charge is 2.43. The molecule has 2 N–H and O–H groups in total. The molecule has 0 bridgehead atoms. The van der Waals surface area contributed by atoms with Crippen LogP contribution in [0.25, 0.3) is 10.8 Å². The molecule has 0 spiro atoms. The number of phenolic OH excluding ortho intramolecular Hbond substituents is 1. The molecule has 0 aromatic heterocycles. The third kappa shape index (κ3) is 3.24. The van der Waals surface area contributed by atoms with Crippen molar-refractivity contribution in [2.24, 2.45) is 0 Å². The van der Waals surface area contributed by atoms with Crippen LogP contribution in [-0.4, -0.2) is 35.0 Å². The van der Waals surface area contributed by atoms with E-state index in [2.05, 4.69) is 5.32 Å². The number of ether oxygens (including phenoxy) is 1. The van der Waals surface area contributed by atoms with Crippen molar-refractivity contribution in [3.63, 3.8) is 0 Å². The second kappa shape index (κ2) is 7.18. The monoisotopic (exact) mass is 404 g/mol. The molecule has 4 rings (SSSR count). The number of hydrogen-bond acceptors (Lipinski definition) is 5. The summed E-state index contributed by atoms with van der Waals surface area (Å²) in [4.78, 5) is 39.3. The van der Waals surface area contributed by atoms with Gasteiger partial charge >= 0.3 is 5.97 Å². The fourth-order valence-corrected chi connectivity index (χ4v) is 3.56. The maximum absolute atomic E-state index is 13.0. The number of carbonyl (C=O) groups is 3. The topological polar surface area (TPSA) is 95.9 Å². The molecule has 1 heterocycles. The van der Waals surface area contributed by atoms with Crippen LogP contribution in [0.3, 0.4) is 0 Å². The minimum absolute atomic E-state index is 0.0300. The number of anilines is 2. The highest BCUT2D eigenvalue weighted by Crippen LogP contribution is 2.36. The number of phenols is 1. The van der Waals surface area contributed by atoms with E-state index in [4.69, 9.17) is 4.74 Å². The van der Waals surface area contributed by atoms with Crippen LogP contribution in [-0.2, 0) is 14.3 Å². The highest BCUT2D eigenvalue weighted by molar-refractivity contribution is 6.14. The number of rotatable bonds is 3. The zero-order chi connectivity index (χ0) is 21.5. The van der Waals surface area contributed by atoms with Crippen molar-refractivity contribution >= 4 is 39.9 Å². The fourth-order valence-electron chi connectivity index (χ4n) is 3.56. The lowest BCUT2D eigenvalue weighted by Crippen LogP contribution is -2.59. The minimum Gasteiger partial charge on any atom is -0.507 e. The second-order valence-electron chi connectivity index (χ2n) is 7.55. The van der Waals surface area contributed by atoms with E-state index in [0.717, 1.165) is 10.8 Å². The van der Waals surface area contributed by atoms with E-state index >= 15 is 0 Å². The summed E-state index contributed by atoms with van der Waals surface area (Å²) in [7, 11) is 0. The predicted molar refractivity (Wildman–Crippen MR) is 113 cm³/mol. The van der Waals surface area contributed by atoms with Crippen LogP contribution in [0.5, 0.6) is 5.75 Å². The smallest absolute Gasteiger partial charge is 0.342 e. The van der Waals surface area contributed by atoms with Crippen LogP contribution in [0.2, 0.25) is 0 Å². The van der Waals surface area contributed by atoms with Gasteiger partial charge in [-0.2, -0.15) is 0 Å². The Morgan fingerprint density at radius 1 is 1.03 bits per heavy atom. The Bertz CT molecular complexity index is 1190. The fraction of sp³-hybridized carbons (Fsp3) is 0.174. The first-order valence-corrected chi connectivity index (χ1v) is 9.41. The first-order valence-electron chi connectivity index (χ1n) is 9.41. The lowest BCUT2D eigenvalue weighted by atomic mass is 9.96. The van der Waals surface area contributed by atoms with Crippen LogP contribution in [0, 0.1) is 0 Å². The normalized spacial score (nSPS) is 14.7. The molecule has 0 fully saturated rings. The average Bonchev–Trinajstić information content (AvgIpc) is 2.72. The summed E-state index contributed by atoms with van der Waals surface area (Å²) >= 11 is 0. The van der Waals surface area contributed by atoms with Gasteiger partial charge in [0.2, 0.25) is 5.91 Å². The van der Waals surface area contributed by atoms with E-state index in [9.17, 15) is 19.5 Å². The first-order chi connectivity index (χ1) is 14.3. The van der Waals surface area contributed by atoms with Crippen molar-refractivity contribution in [3.05, 3.63) is 66.2 Å². The molecule has 1 aliphatic heterocycles. The van der Waals surface area contributed by atoms with Gasteiger partial charge in [-0.15, -0.1) is 0 Å². The van der Waals surface area contributed by atoms with Crippen LogP contribution < -0.4 is 10.2 Å². The van der Waals surface area contributed by atoms with Crippen LogP contribution in [0.15, 0.2) is 60.7 Å². The highest BCUT2D eigenvalue weighted by atomic mass is 16.5. The van der Waals surface area contributed by atoms with Crippen LogP contribution in [0.4, 0.5) is 11.4 Å². The Hall–Kier alpha value is -3.87. The van der Waals surface area contributed by atoms with E-state index in [0.29, 0.717) is 11.4 Å². The Labute approximate surface area is 172 Å². The molecular formula is C23H20N2O5. The molecule has 0 aliphatic carbocycles. The Morgan fingerprint density at radius 2 is 1.67 bits per heavy atom.